The number of ether oxygens (including phenoxy) is 2. The molecular weight excluding hydrogens is 358 g/mol. The molecule has 0 radical (unpaired) electrons. The summed E-state index contributed by atoms with van der Waals surface area (Å²) in [6, 6.07) is 5.45. The molecular formula is C22H27NO5. The second-order valence-electron chi connectivity index (χ2n) is 8.19. The summed E-state index contributed by atoms with van der Waals surface area (Å²) < 4.78 is 16.0. The lowest BCUT2D eigenvalue weighted by Gasteiger charge is -2.28. The van der Waals surface area contributed by atoms with E-state index >= 15 is 0 Å². The predicted molar refractivity (Wildman–Crippen MR) is 104 cm³/mol. The van der Waals surface area contributed by atoms with Crippen LogP contribution >= 0.6 is 0 Å². The van der Waals surface area contributed by atoms with Crippen molar-refractivity contribution < 1.29 is 23.5 Å². The molecule has 6 heteroatoms. The fourth-order valence-corrected chi connectivity index (χ4v) is 5.03. The van der Waals surface area contributed by atoms with Crippen molar-refractivity contribution in [2.45, 2.75) is 45.6 Å². The number of esters is 1. The molecule has 0 spiro atoms. The van der Waals surface area contributed by atoms with Crippen molar-refractivity contribution in [2.75, 3.05) is 13.7 Å². The third kappa shape index (κ3) is 3.48. The molecule has 2 bridgehead atoms. The largest absolute Gasteiger partial charge is 0.497 e. The molecule has 150 valence electrons. The first kappa shape index (κ1) is 18.8. The summed E-state index contributed by atoms with van der Waals surface area (Å²) >= 11 is 0. The van der Waals surface area contributed by atoms with Crippen LogP contribution in [0.4, 0.5) is 0 Å². The van der Waals surface area contributed by atoms with Gasteiger partial charge in [0.05, 0.1) is 7.11 Å². The van der Waals surface area contributed by atoms with Gasteiger partial charge in [0.2, 0.25) is 5.76 Å². The molecule has 2 aliphatic rings. The van der Waals surface area contributed by atoms with Crippen molar-refractivity contribution >= 4 is 22.8 Å². The fraction of sp³-hybridized carbons (Fsp3) is 0.545. The molecule has 2 fully saturated rings. The lowest BCUT2D eigenvalue weighted by atomic mass is 9.84. The van der Waals surface area contributed by atoms with E-state index in [0.29, 0.717) is 22.8 Å². The van der Waals surface area contributed by atoms with E-state index in [4.69, 9.17) is 13.9 Å². The maximum Gasteiger partial charge on any atom is 0.375 e. The number of aryl methyl sites for hydroxylation is 1. The first-order valence-electron chi connectivity index (χ1n) is 10.00. The number of amides is 1. The Morgan fingerprint density at radius 2 is 2.11 bits per heavy atom. The SMILES string of the molecule is COc1ccc2oc(C(=O)OCC(=O)N[C@@H](C)[C@H]3C[C@H]4CC[C@H]3C4)c(C)c2c1. The lowest BCUT2D eigenvalue weighted by molar-refractivity contribution is -0.125. The smallest absolute Gasteiger partial charge is 0.375 e. The van der Waals surface area contributed by atoms with Crippen LogP contribution in [-0.2, 0) is 9.53 Å². The van der Waals surface area contributed by atoms with Crippen LogP contribution in [0.1, 0.15) is 48.7 Å². The number of carbonyl (C=O) groups is 2. The number of fused-ring (bicyclic) bond motifs is 3. The van der Waals surface area contributed by atoms with Gasteiger partial charge in [-0.1, -0.05) is 6.42 Å². The molecule has 2 aromatic rings. The normalized spacial score (nSPS) is 24.3. The molecule has 1 N–H and O–H groups in total. The monoisotopic (exact) mass is 385 g/mol. The first-order valence-corrected chi connectivity index (χ1v) is 10.00. The average Bonchev–Trinajstić information content (AvgIpc) is 3.40. The number of carbonyl (C=O) groups excluding carboxylic acids is 2. The van der Waals surface area contributed by atoms with E-state index in [1.54, 1.807) is 26.2 Å². The Bertz CT molecular complexity index is 902. The molecule has 28 heavy (non-hydrogen) atoms. The van der Waals surface area contributed by atoms with Gasteiger partial charge >= 0.3 is 5.97 Å². The summed E-state index contributed by atoms with van der Waals surface area (Å²) in [6.45, 7) is 3.55. The van der Waals surface area contributed by atoms with Gasteiger partial charge in [0.15, 0.2) is 6.61 Å². The molecule has 2 aliphatic carbocycles. The minimum Gasteiger partial charge on any atom is -0.497 e. The zero-order chi connectivity index (χ0) is 19.8. The number of rotatable bonds is 6. The Kier molecular flexibility index (Phi) is 5.04. The molecule has 1 heterocycles. The third-order valence-electron chi connectivity index (χ3n) is 6.49. The number of furan rings is 1. The highest BCUT2D eigenvalue weighted by Gasteiger charge is 2.42. The van der Waals surface area contributed by atoms with Crippen LogP contribution in [-0.4, -0.2) is 31.6 Å². The summed E-state index contributed by atoms with van der Waals surface area (Å²) in [4.78, 5) is 24.7. The lowest BCUT2D eigenvalue weighted by Crippen LogP contribution is -2.42. The standard InChI is InChI=1S/C22H27NO5/c1-12-17-10-16(26-3)6-7-19(17)28-21(12)22(25)27-11-20(24)23-13(2)18-9-14-4-5-15(18)8-14/h6-7,10,13-15,18H,4-5,8-9,11H2,1-3H3,(H,23,24)/t13-,14-,15-,18+/m0/s1. The predicted octanol–water partition coefficient (Wildman–Crippen LogP) is 3.85. The van der Waals surface area contributed by atoms with Crippen LogP contribution in [0.5, 0.6) is 5.75 Å². The zero-order valence-corrected chi connectivity index (χ0v) is 16.6. The fourth-order valence-electron chi connectivity index (χ4n) is 5.03. The molecule has 1 aromatic carbocycles. The van der Waals surface area contributed by atoms with Gasteiger partial charge in [-0.25, -0.2) is 4.79 Å². The van der Waals surface area contributed by atoms with Gasteiger partial charge in [-0.3, -0.25) is 4.79 Å². The van der Waals surface area contributed by atoms with E-state index in [-0.39, 0.29) is 24.3 Å². The highest BCUT2D eigenvalue weighted by molar-refractivity contribution is 5.97. The Balaban J connectivity index is 1.34. The molecule has 1 aromatic heterocycles. The quantitative estimate of drug-likeness (QED) is 0.764. The van der Waals surface area contributed by atoms with Crippen molar-refractivity contribution in [1.82, 2.24) is 5.32 Å². The Morgan fingerprint density at radius 1 is 1.29 bits per heavy atom. The summed E-state index contributed by atoms with van der Waals surface area (Å²) in [5.74, 6) is 2.03. The van der Waals surface area contributed by atoms with Gasteiger partial charge in [0, 0.05) is 17.0 Å². The van der Waals surface area contributed by atoms with Crippen LogP contribution in [0.15, 0.2) is 22.6 Å². The van der Waals surface area contributed by atoms with Crippen LogP contribution in [0, 0.1) is 24.7 Å². The molecule has 0 aliphatic heterocycles. The third-order valence-corrected chi connectivity index (χ3v) is 6.49. The van der Waals surface area contributed by atoms with E-state index in [1.807, 2.05) is 6.07 Å². The Hall–Kier alpha value is -2.50. The first-order chi connectivity index (χ1) is 13.5. The minimum atomic E-state index is -0.629. The van der Waals surface area contributed by atoms with Crippen LogP contribution in [0.25, 0.3) is 11.0 Å². The summed E-state index contributed by atoms with van der Waals surface area (Å²) in [6.07, 6.45) is 5.12. The van der Waals surface area contributed by atoms with Crippen molar-refractivity contribution in [3.8, 4) is 5.75 Å². The zero-order valence-electron chi connectivity index (χ0n) is 16.6. The number of hydrogen-bond acceptors (Lipinski definition) is 5. The van der Waals surface area contributed by atoms with Crippen LogP contribution in [0.3, 0.4) is 0 Å². The van der Waals surface area contributed by atoms with E-state index < -0.39 is 5.97 Å². The van der Waals surface area contributed by atoms with Crippen molar-refractivity contribution in [2.24, 2.45) is 17.8 Å². The summed E-state index contributed by atoms with van der Waals surface area (Å²) in [7, 11) is 1.59. The van der Waals surface area contributed by atoms with Gasteiger partial charge in [-0.15, -0.1) is 0 Å². The van der Waals surface area contributed by atoms with E-state index in [9.17, 15) is 9.59 Å². The van der Waals surface area contributed by atoms with E-state index in [2.05, 4.69) is 12.2 Å². The number of hydrogen-bond donors (Lipinski definition) is 1. The minimum absolute atomic E-state index is 0.113. The number of nitrogens with one attached hydrogen (secondary N) is 1. The second kappa shape index (κ2) is 7.49. The summed E-state index contributed by atoms with van der Waals surface area (Å²) in [5.41, 5.74) is 1.26. The number of benzene rings is 1. The van der Waals surface area contributed by atoms with Crippen LogP contribution < -0.4 is 10.1 Å². The molecule has 6 nitrogen and oxygen atoms in total. The van der Waals surface area contributed by atoms with Gasteiger partial charge in [0.1, 0.15) is 11.3 Å². The molecule has 0 unspecified atom stereocenters. The van der Waals surface area contributed by atoms with Crippen molar-refractivity contribution in [3.63, 3.8) is 0 Å². The maximum atomic E-state index is 12.4. The molecule has 4 atom stereocenters. The van der Waals surface area contributed by atoms with Crippen LogP contribution in [0.2, 0.25) is 0 Å². The van der Waals surface area contributed by atoms with Gasteiger partial charge in [-0.2, -0.15) is 0 Å². The average molecular weight is 385 g/mol. The Labute approximate surface area is 164 Å². The second-order valence-corrected chi connectivity index (χ2v) is 8.19. The Morgan fingerprint density at radius 3 is 2.79 bits per heavy atom. The van der Waals surface area contributed by atoms with E-state index in [0.717, 1.165) is 17.2 Å². The molecule has 4 rings (SSSR count). The highest BCUT2D eigenvalue weighted by Crippen LogP contribution is 2.49. The molecule has 2 saturated carbocycles. The van der Waals surface area contributed by atoms with Gasteiger partial charge in [-0.05, 0) is 69.1 Å². The highest BCUT2D eigenvalue weighted by atomic mass is 16.5. The topological polar surface area (TPSA) is 77.8 Å². The molecule has 1 amide bonds. The number of methoxy groups -OCH3 is 1. The van der Waals surface area contributed by atoms with Gasteiger partial charge in [0.25, 0.3) is 5.91 Å². The molecule has 0 saturated heterocycles. The van der Waals surface area contributed by atoms with Crippen molar-refractivity contribution in [3.05, 3.63) is 29.5 Å². The van der Waals surface area contributed by atoms with E-state index in [1.165, 1.54) is 25.7 Å². The summed E-state index contributed by atoms with van der Waals surface area (Å²) in [5, 5.41) is 3.80. The van der Waals surface area contributed by atoms with Crippen molar-refractivity contribution in [1.29, 1.82) is 0 Å². The van der Waals surface area contributed by atoms with Gasteiger partial charge < -0.3 is 19.2 Å². The maximum absolute atomic E-state index is 12.4.